The van der Waals surface area contributed by atoms with E-state index in [-0.39, 0.29) is 11.6 Å². The molecule has 1 N–H and O–H groups in total. The molecule has 0 amide bonds. The largest absolute Gasteiger partial charge is 0.478 e. The van der Waals surface area contributed by atoms with Crippen molar-refractivity contribution >= 4 is 29.3 Å². The van der Waals surface area contributed by atoms with E-state index in [1.807, 2.05) is 0 Å². The summed E-state index contributed by atoms with van der Waals surface area (Å²) in [6.07, 6.45) is -3.02. The van der Waals surface area contributed by atoms with Gasteiger partial charge in [0.2, 0.25) is 0 Å². The van der Waals surface area contributed by atoms with Gasteiger partial charge in [-0.2, -0.15) is 13.2 Å². The molecule has 0 aromatic heterocycles. The van der Waals surface area contributed by atoms with Crippen molar-refractivity contribution in [2.75, 3.05) is 18.5 Å². The van der Waals surface area contributed by atoms with Crippen molar-refractivity contribution in [2.24, 2.45) is 0 Å². The van der Waals surface area contributed by atoms with E-state index in [1.165, 1.54) is 18.0 Å². The Morgan fingerprint density at radius 3 is 2.65 bits per heavy atom. The lowest BCUT2D eigenvalue weighted by atomic mass is 10.1. The fourth-order valence-electron chi connectivity index (χ4n) is 1.64. The van der Waals surface area contributed by atoms with Gasteiger partial charge in [0.25, 0.3) is 0 Å². The number of hydrogen-bond acceptors (Lipinski definition) is 2. The normalized spacial score (nSPS) is 11.8. The molecule has 1 rings (SSSR count). The third-order valence-corrected chi connectivity index (χ3v) is 2.84. The van der Waals surface area contributed by atoms with Crippen molar-refractivity contribution in [3.8, 4) is 0 Å². The first-order valence-electron chi connectivity index (χ1n) is 5.68. The number of carbonyl (C=O) groups is 1. The minimum Gasteiger partial charge on any atom is -0.478 e. The van der Waals surface area contributed by atoms with Crippen molar-refractivity contribution < 1.29 is 23.1 Å². The SMILES string of the molecule is CN(CCC(F)(F)F)c1c(Cl)cccc1/C=C/C(=O)O. The molecular weight excluding hydrogens is 295 g/mol. The molecule has 0 radical (unpaired) electrons. The molecule has 0 atom stereocenters. The highest BCUT2D eigenvalue weighted by molar-refractivity contribution is 6.33. The smallest absolute Gasteiger partial charge is 0.390 e. The van der Waals surface area contributed by atoms with Gasteiger partial charge in [0.15, 0.2) is 0 Å². The van der Waals surface area contributed by atoms with Crippen LogP contribution in [0.1, 0.15) is 12.0 Å². The number of nitrogens with zero attached hydrogens (tertiary/aromatic N) is 1. The predicted molar refractivity (Wildman–Crippen MR) is 72.1 cm³/mol. The van der Waals surface area contributed by atoms with E-state index in [0.29, 0.717) is 11.3 Å². The van der Waals surface area contributed by atoms with Crippen molar-refractivity contribution in [3.63, 3.8) is 0 Å². The first-order chi connectivity index (χ1) is 9.20. The number of carboxylic acid groups (broad SMARTS) is 1. The summed E-state index contributed by atoms with van der Waals surface area (Å²) < 4.78 is 36.7. The lowest BCUT2D eigenvalue weighted by Crippen LogP contribution is -2.24. The first-order valence-corrected chi connectivity index (χ1v) is 6.06. The lowest BCUT2D eigenvalue weighted by molar-refractivity contribution is -0.132. The van der Waals surface area contributed by atoms with E-state index >= 15 is 0 Å². The second-order valence-corrected chi connectivity index (χ2v) is 4.54. The van der Waals surface area contributed by atoms with Crippen LogP contribution in [0.15, 0.2) is 24.3 Å². The summed E-state index contributed by atoms with van der Waals surface area (Å²) in [6.45, 7) is -0.263. The Morgan fingerprint density at radius 1 is 1.45 bits per heavy atom. The van der Waals surface area contributed by atoms with Crippen LogP contribution in [0.4, 0.5) is 18.9 Å². The summed E-state index contributed by atoms with van der Waals surface area (Å²) in [6, 6.07) is 4.73. The molecule has 1 aromatic carbocycles. The Labute approximate surface area is 119 Å². The van der Waals surface area contributed by atoms with E-state index in [2.05, 4.69) is 0 Å². The summed E-state index contributed by atoms with van der Waals surface area (Å²) >= 11 is 5.99. The lowest BCUT2D eigenvalue weighted by Gasteiger charge is -2.23. The molecule has 7 heteroatoms. The summed E-state index contributed by atoms with van der Waals surface area (Å²) in [7, 11) is 1.48. The van der Waals surface area contributed by atoms with Crippen molar-refractivity contribution in [2.45, 2.75) is 12.6 Å². The molecule has 0 bridgehead atoms. The molecule has 20 heavy (non-hydrogen) atoms. The molecule has 0 heterocycles. The topological polar surface area (TPSA) is 40.5 Å². The van der Waals surface area contributed by atoms with E-state index < -0.39 is 18.6 Å². The minimum atomic E-state index is -4.26. The number of hydrogen-bond donors (Lipinski definition) is 1. The van der Waals surface area contributed by atoms with Gasteiger partial charge in [-0.3, -0.25) is 0 Å². The predicted octanol–water partition coefficient (Wildman–Crippen LogP) is 3.83. The molecule has 1 aromatic rings. The van der Waals surface area contributed by atoms with Crippen LogP contribution < -0.4 is 4.90 Å². The van der Waals surface area contributed by atoms with Gasteiger partial charge >= 0.3 is 12.1 Å². The highest BCUT2D eigenvalue weighted by Crippen LogP contribution is 2.31. The summed E-state index contributed by atoms with van der Waals surface area (Å²) in [5.41, 5.74) is 0.820. The maximum absolute atomic E-state index is 12.2. The summed E-state index contributed by atoms with van der Waals surface area (Å²) in [4.78, 5) is 11.9. The van der Waals surface area contributed by atoms with Crippen LogP contribution in [0.25, 0.3) is 6.08 Å². The summed E-state index contributed by atoms with van der Waals surface area (Å²) in [5, 5.41) is 8.87. The second kappa shape index (κ2) is 6.65. The van der Waals surface area contributed by atoms with Gasteiger partial charge in [0, 0.05) is 19.7 Å². The standard InChI is InChI=1S/C13H13ClF3NO2/c1-18(8-7-13(15,16)17)12-9(5-6-11(19)20)3-2-4-10(12)14/h2-6H,7-8H2,1H3,(H,19,20)/b6-5+. The molecule has 0 unspecified atom stereocenters. The maximum Gasteiger partial charge on any atom is 0.390 e. The van der Waals surface area contributed by atoms with Crippen LogP contribution in [0.3, 0.4) is 0 Å². The number of aliphatic carboxylic acids is 1. The van der Waals surface area contributed by atoms with Crippen LogP contribution >= 0.6 is 11.6 Å². The number of alkyl halides is 3. The van der Waals surface area contributed by atoms with E-state index in [9.17, 15) is 18.0 Å². The van der Waals surface area contributed by atoms with E-state index in [0.717, 1.165) is 6.08 Å². The van der Waals surface area contributed by atoms with Crippen molar-refractivity contribution in [1.29, 1.82) is 0 Å². The van der Waals surface area contributed by atoms with Crippen LogP contribution in [-0.4, -0.2) is 30.8 Å². The molecule has 0 saturated heterocycles. The zero-order chi connectivity index (χ0) is 15.3. The Kier molecular flexibility index (Phi) is 5.44. The molecule has 0 fully saturated rings. The van der Waals surface area contributed by atoms with Gasteiger partial charge in [-0.05, 0) is 17.7 Å². The highest BCUT2D eigenvalue weighted by Gasteiger charge is 2.27. The van der Waals surface area contributed by atoms with Gasteiger partial charge in [-0.1, -0.05) is 23.7 Å². The van der Waals surface area contributed by atoms with Gasteiger partial charge < -0.3 is 10.0 Å². The fourth-order valence-corrected chi connectivity index (χ4v) is 1.96. The average molecular weight is 308 g/mol. The molecule has 0 aliphatic rings. The van der Waals surface area contributed by atoms with Gasteiger partial charge in [-0.25, -0.2) is 4.79 Å². The number of benzene rings is 1. The van der Waals surface area contributed by atoms with Crippen LogP contribution in [0.2, 0.25) is 5.02 Å². The molecule has 0 saturated carbocycles. The number of carboxylic acids is 1. The third kappa shape index (κ3) is 5.13. The molecule has 0 spiro atoms. The van der Waals surface area contributed by atoms with Crippen LogP contribution in [-0.2, 0) is 4.79 Å². The van der Waals surface area contributed by atoms with Crippen molar-refractivity contribution in [3.05, 3.63) is 34.9 Å². The Bertz CT molecular complexity index is 515. The molecular formula is C13H13ClF3NO2. The average Bonchev–Trinajstić information content (AvgIpc) is 2.32. The molecule has 3 nitrogen and oxygen atoms in total. The first kappa shape index (κ1) is 16.4. The highest BCUT2D eigenvalue weighted by atomic mass is 35.5. The fraction of sp³-hybridized carbons (Fsp3) is 0.308. The third-order valence-electron chi connectivity index (χ3n) is 2.54. The molecule has 110 valence electrons. The number of halogens is 4. The van der Waals surface area contributed by atoms with Gasteiger partial charge in [0.05, 0.1) is 17.1 Å². The Hall–Kier alpha value is -1.69. The zero-order valence-electron chi connectivity index (χ0n) is 10.6. The molecule has 0 aliphatic carbocycles. The Morgan fingerprint density at radius 2 is 2.10 bits per heavy atom. The van der Waals surface area contributed by atoms with Gasteiger partial charge in [-0.15, -0.1) is 0 Å². The number of anilines is 1. The van der Waals surface area contributed by atoms with E-state index in [4.69, 9.17) is 16.7 Å². The second-order valence-electron chi connectivity index (χ2n) is 4.14. The summed E-state index contributed by atoms with van der Waals surface area (Å²) in [5.74, 6) is -1.14. The van der Waals surface area contributed by atoms with Crippen molar-refractivity contribution in [1.82, 2.24) is 0 Å². The van der Waals surface area contributed by atoms with Gasteiger partial charge in [0.1, 0.15) is 0 Å². The Balaban J connectivity index is 3.00. The minimum absolute atomic E-state index is 0.263. The quantitative estimate of drug-likeness (QED) is 0.841. The number of rotatable bonds is 5. The number of para-hydroxylation sites is 1. The van der Waals surface area contributed by atoms with Crippen LogP contribution in [0.5, 0.6) is 0 Å². The monoisotopic (exact) mass is 307 g/mol. The zero-order valence-corrected chi connectivity index (χ0v) is 11.4. The maximum atomic E-state index is 12.2. The molecule has 0 aliphatic heterocycles. The van der Waals surface area contributed by atoms with E-state index in [1.54, 1.807) is 18.2 Å². The van der Waals surface area contributed by atoms with Crippen LogP contribution in [0, 0.1) is 0 Å².